The Morgan fingerprint density at radius 2 is 1.96 bits per heavy atom. The van der Waals surface area contributed by atoms with Gasteiger partial charge in [-0.05, 0) is 36.6 Å². The molecule has 0 saturated carbocycles. The van der Waals surface area contributed by atoms with Gasteiger partial charge in [-0.2, -0.15) is 0 Å². The lowest BCUT2D eigenvalue weighted by atomic mass is 10.0. The smallest absolute Gasteiger partial charge is 0.310 e. The van der Waals surface area contributed by atoms with Crippen LogP contribution < -0.4 is 9.47 Å². The van der Waals surface area contributed by atoms with Crippen LogP contribution in [-0.4, -0.2) is 36.0 Å². The van der Waals surface area contributed by atoms with Crippen molar-refractivity contribution in [2.75, 3.05) is 20.3 Å². The van der Waals surface area contributed by atoms with E-state index in [1.165, 1.54) is 12.1 Å². The number of nitro benzene ring substituents is 1. The van der Waals surface area contributed by atoms with Gasteiger partial charge >= 0.3 is 5.69 Å². The minimum atomic E-state index is -0.518. The molecule has 1 heterocycles. The lowest BCUT2D eigenvalue weighted by molar-refractivity contribution is -0.385. The zero-order valence-electron chi connectivity index (χ0n) is 14.5. The zero-order valence-corrected chi connectivity index (χ0v) is 14.5. The average molecular weight is 356 g/mol. The number of nitro groups is 1. The van der Waals surface area contributed by atoms with Gasteiger partial charge in [-0.1, -0.05) is 24.3 Å². The van der Waals surface area contributed by atoms with Crippen LogP contribution in [0.25, 0.3) is 0 Å². The summed E-state index contributed by atoms with van der Waals surface area (Å²) in [4.78, 5) is 24.9. The highest BCUT2D eigenvalue weighted by Gasteiger charge is 2.30. The SMILES string of the molecule is COc1ccc([C@@H]2CCCN2C(=O)COc2ccccc2[N+](=O)[O-])cc1. The third-order valence-corrected chi connectivity index (χ3v) is 4.49. The summed E-state index contributed by atoms with van der Waals surface area (Å²) in [5.74, 6) is 0.692. The fourth-order valence-corrected chi connectivity index (χ4v) is 3.19. The second kappa shape index (κ2) is 7.86. The lowest BCUT2D eigenvalue weighted by Gasteiger charge is -2.25. The number of rotatable bonds is 6. The molecule has 0 aliphatic carbocycles. The van der Waals surface area contributed by atoms with Crippen LogP contribution in [0.4, 0.5) is 5.69 Å². The average Bonchev–Trinajstić information content (AvgIpc) is 3.16. The molecule has 7 heteroatoms. The molecule has 1 atom stereocenters. The molecule has 3 rings (SSSR count). The van der Waals surface area contributed by atoms with E-state index >= 15 is 0 Å². The van der Waals surface area contributed by atoms with Gasteiger partial charge in [0.25, 0.3) is 5.91 Å². The molecule has 1 aliphatic rings. The maximum absolute atomic E-state index is 12.6. The highest BCUT2D eigenvalue weighted by Crippen LogP contribution is 2.33. The Balaban J connectivity index is 1.68. The van der Waals surface area contributed by atoms with E-state index in [4.69, 9.17) is 9.47 Å². The molecule has 2 aromatic carbocycles. The van der Waals surface area contributed by atoms with Crippen LogP contribution in [0.5, 0.6) is 11.5 Å². The molecule has 1 fully saturated rings. The minimum Gasteiger partial charge on any atom is -0.497 e. The normalized spacial score (nSPS) is 16.3. The number of carbonyl (C=O) groups excluding carboxylic acids is 1. The first-order valence-electron chi connectivity index (χ1n) is 8.40. The van der Waals surface area contributed by atoms with Crippen molar-refractivity contribution in [2.45, 2.75) is 18.9 Å². The molecule has 7 nitrogen and oxygen atoms in total. The van der Waals surface area contributed by atoms with Crippen molar-refractivity contribution in [3.05, 3.63) is 64.2 Å². The molecular formula is C19H20N2O5. The number of likely N-dealkylation sites (tertiary alicyclic amines) is 1. The van der Waals surface area contributed by atoms with E-state index in [9.17, 15) is 14.9 Å². The van der Waals surface area contributed by atoms with Crippen LogP contribution in [0.3, 0.4) is 0 Å². The molecule has 0 aromatic heterocycles. The number of carbonyl (C=O) groups is 1. The Morgan fingerprint density at radius 3 is 2.65 bits per heavy atom. The van der Waals surface area contributed by atoms with Gasteiger partial charge in [0.15, 0.2) is 12.4 Å². The third-order valence-electron chi connectivity index (χ3n) is 4.49. The molecule has 2 aromatic rings. The summed E-state index contributed by atoms with van der Waals surface area (Å²) in [5, 5.41) is 11.0. The Hall–Kier alpha value is -3.09. The third kappa shape index (κ3) is 3.77. The van der Waals surface area contributed by atoms with Crippen LogP contribution >= 0.6 is 0 Å². The molecule has 136 valence electrons. The Bertz CT molecular complexity index is 791. The van der Waals surface area contributed by atoms with Gasteiger partial charge in [0.2, 0.25) is 0 Å². The quantitative estimate of drug-likeness (QED) is 0.586. The van der Waals surface area contributed by atoms with Crippen molar-refractivity contribution in [2.24, 2.45) is 0 Å². The molecule has 1 saturated heterocycles. The van der Waals surface area contributed by atoms with E-state index in [0.29, 0.717) is 6.54 Å². The van der Waals surface area contributed by atoms with Crippen LogP contribution in [0, 0.1) is 10.1 Å². The van der Waals surface area contributed by atoms with E-state index < -0.39 is 4.92 Å². The molecule has 0 unspecified atom stereocenters. The van der Waals surface area contributed by atoms with Crippen LogP contribution in [0.15, 0.2) is 48.5 Å². The number of para-hydroxylation sites is 2. The van der Waals surface area contributed by atoms with Crippen LogP contribution in [0.2, 0.25) is 0 Å². The summed E-state index contributed by atoms with van der Waals surface area (Å²) >= 11 is 0. The predicted octanol–water partition coefficient (Wildman–Crippen LogP) is 3.35. The Labute approximate surface area is 151 Å². The molecule has 0 radical (unpaired) electrons. The number of ether oxygens (including phenoxy) is 2. The molecule has 1 aliphatic heterocycles. The molecule has 0 N–H and O–H groups in total. The van der Waals surface area contributed by atoms with Gasteiger partial charge in [-0.15, -0.1) is 0 Å². The van der Waals surface area contributed by atoms with E-state index in [1.807, 2.05) is 24.3 Å². The molecule has 0 spiro atoms. The largest absolute Gasteiger partial charge is 0.497 e. The minimum absolute atomic E-state index is 0.0113. The number of benzene rings is 2. The zero-order chi connectivity index (χ0) is 18.5. The summed E-state index contributed by atoms with van der Waals surface area (Å²) in [6.07, 6.45) is 1.79. The standard InChI is InChI=1S/C19H20N2O5/c1-25-15-10-8-14(9-11-15)16-6-4-12-20(16)19(22)13-26-18-7-3-2-5-17(18)21(23)24/h2-3,5,7-11,16H,4,6,12-13H2,1H3/t16-/m0/s1. The first-order chi connectivity index (χ1) is 12.6. The monoisotopic (exact) mass is 356 g/mol. The number of nitrogens with zero attached hydrogens (tertiary/aromatic N) is 2. The summed E-state index contributed by atoms with van der Waals surface area (Å²) in [6, 6.07) is 13.7. The topological polar surface area (TPSA) is 81.9 Å². The van der Waals surface area contributed by atoms with E-state index in [2.05, 4.69) is 0 Å². The number of hydrogen-bond donors (Lipinski definition) is 0. The maximum atomic E-state index is 12.6. The highest BCUT2D eigenvalue weighted by atomic mass is 16.6. The van der Waals surface area contributed by atoms with Crippen LogP contribution in [0.1, 0.15) is 24.4 Å². The first-order valence-corrected chi connectivity index (χ1v) is 8.40. The van der Waals surface area contributed by atoms with Gasteiger partial charge in [0.1, 0.15) is 5.75 Å². The van der Waals surface area contributed by atoms with Crippen molar-refractivity contribution < 1.29 is 19.2 Å². The van der Waals surface area contributed by atoms with Crippen molar-refractivity contribution in [3.8, 4) is 11.5 Å². The maximum Gasteiger partial charge on any atom is 0.310 e. The molecular weight excluding hydrogens is 336 g/mol. The van der Waals surface area contributed by atoms with Gasteiger partial charge < -0.3 is 14.4 Å². The number of hydrogen-bond acceptors (Lipinski definition) is 5. The highest BCUT2D eigenvalue weighted by molar-refractivity contribution is 5.78. The fraction of sp³-hybridized carbons (Fsp3) is 0.316. The van der Waals surface area contributed by atoms with E-state index in [0.717, 1.165) is 24.2 Å². The summed E-state index contributed by atoms with van der Waals surface area (Å²) in [6.45, 7) is 0.424. The fourth-order valence-electron chi connectivity index (χ4n) is 3.19. The summed E-state index contributed by atoms with van der Waals surface area (Å²) in [5.41, 5.74) is 0.899. The molecule has 1 amide bonds. The van der Waals surface area contributed by atoms with Gasteiger partial charge in [0, 0.05) is 12.6 Å². The van der Waals surface area contributed by atoms with Crippen molar-refractivity contribution in [1.82, 2.24) is 4.90 Å². The Kier molecular flexibility index (Phi) is 5.36. The summed E-state index contributed by atoms with van der Waals surface area (Å²) in [7, 11) is 1.61. The van der Waals surface area contributed by atoms with Crippen molar-refractivity contribution >= 4 is 11.6 Å². The second-order valence-corrected chi connectivity index (χ2v) is 6.03. The number of methoxy groups -OCH3 is 1. The Morgan fingerprint density at radius 1 is 1.23 bits per heavy atom. The van der Waals surface area contributed by atoms with Crippen LogP contribution in [-0.2, 0) is 4.79 Å². The summed E-state index contributed by atoms with van der Waals surface area (Å²) < 4.78 is 10.6. The first kappa shape index (κ1) is 17.7. The van der Waals surface area contributed by atoms with Gasteiger partial charge in [-0.3, -0.25) is 14.9 Å². The lowest BCUT2D eigenvalue weighted by Crippen LogP contribution is -2.34. The number of amides is 1. The van der Waals surface area contributed by atoms with E-state index in [-0.39, 0.29) is 30.0 Å². The van der Waals surface area contributed by atoms with Crippen molar-refractivity contribution in [1.29, 1.82) is 0 Å². The molecule has 26 heavy (non-hydrogen) atoms. The van der Waals surface area contributed by atoms with Gasteiger partial charge in [-0.25, -0.2) is 0 Å². The van der Waals surface area contributed by atoms with Crippen molar-refractivity contribution in [3.63, 3.8) is 0 Å². The van der Waals surface area contributed by atoms with E-state index in [1.54, 1.807) is 24.1 Å². The predicted molar refractivity (Wildman–Crippen MR) is 95.3 cm³/mol. The second-order valence-electron chi connectivity index (χ2n) is 6.03. The van der Waals surface area contributed by atoms with Gasteiger partial charge in [0.05, 0.1) is 18.1 Å². The molecule has 0 bridgehead atoms.